The van der Waals surface area contributed by atoms with Crippen LogP contribution in [0.2, 0.25) is 0 Å². The highest BCUT2D eigenvalue weighted by atomic mass is 16.3. The second kappa shape index (κ2) is 10.7. The largest absolute Gasteiger partial charge is 0.391 e. The van der Waals surface area contributed by atoms with Crippen LogP contribution in [0.25, 0.3) is 0 Å². The Balaban J connectivity index is 2.75. The molecule has 0 aliphatic rings. The normalized spacial score (nSPS) is 12.4. The Labute approximate surface area is 131 Å². The van der Waals surface area contributed by atoms with Gasteiger partial charge in [-0.1, -0.05) is 58.6 Å². The van der Waals surface area contributed by atoms with Crippen LogP contribution in [0.4, 0.5) is 5.69 Å². The maximum absolute atomic E-state index is 10.2. The molecule has 120 valence electrons. The van der Waals surface area contributed by atoms with Crippen LogP contribution >= 0.6 is 0 Å². The minimum absolute atomic E-state index is 0.216. The third-order valence-corrected chi connectivity index (χ3v) is 3.90. The van der Waals surface area contributed by atoms with Crippen LogP contribution in [0, 0.1) is 0 Å². The van der Waals surface area contributed by atoms with E-state index >= 15 is 0 Å². The van der Waals surface area contributed by atoms with E-state index in [0.717, 1.165) is 32.4 Å². The van der Waals surface area contributed by atoms with Crippen LogP contribution in [-0.2, 0) is 6.42 Å². The molecule has 0 heterocycles. The van der Waals surface area contributed by atoms with Gasteiger partial charge in [0.05, 0.1) is 6.10 Å². The summed E-state index contributed by atoms with van der Waals surface area (Å²) in [5.41, 5.74) is 2.67. The molecular formula is C19H33NO. The van der Waals surface area contributed by atoms with Crippen LogP contribution in [0.5, 0.6) is 0 Å². The molecule has 0 spiro atoms. The molecule has 1 aromatic rings. The van der Waals surface area contributed by atoms with Gasteiger partial charge in [0.15, 0.2) is 0 Å². The molecule has 0 amide bonds. The molecule has 2 heteroatoms. The van der Waals surface area contributed by atoms with Crippen LogP contribution in [0.3, 0.4) is 0 Å². The van der Waals surface area contributed by atoms with Gasteiger partial charge < -0.3 is 10.0 Å². The summed E-state index contributed by atoms with van der Waals surface area (Å²) < 4.78 is 0. The first-order valence-electron chi connectivity index (χ1n) is 8.73. The molecule has 0 fully saturated rings. The molecule has 0 aliphatic carbocycles. The van der Waals surface area contributed by atoms with E-state index in [1.54, 1.807) is 0 Å². The zero-order valence-electron chi connectivity index (χ0n) is 14.1. The molecule has 0 saturated heterocycles. The van der Waals surface area contributed by atoms with E-state index in [0.29, 0.717) is 0 Å². The molecule has 1 rings (SSSR count). The van der Waals surface area contributed by atoms with E-state index in [-0.39, 0.29) is 6.10 Å². The van der Waals surface area contributed by atoms with E-state index in [2.05, 4.69) is 49.9 Å². The molecule has 1 N–H and O–H groups in total. The Kier molecular flexibility index (Phi) is 9.16. The smallest absolute Gasteiger partial charge is 0.0715 e. The number of hydrogen-bond acceptors (Lipinski definition) is 2. The van der Waals surface area contributed by atoms with E-state index in [1.165, 1.54) is 36.9 Å². The highest BCUT2D eigenvalue weighted by Gasteiger charge is 2.12. The Morgan fingerprint density at radius 3 is 2.52 bits per heavy atom. The van der Waals surface area contributed by atoms with Crippen molar-refractivity contribution in [1.29, 1.82) is 0 Å². The van der Waals surface area contributed by atoms with Crippen molar-refractivity contribution in [2.75, 3.05) is 18.0 Å². The number of aliphatic hydroxyl groups excluding tert-OH is 1. The Morgan fingerprint density at radius 2 is 1.86 bits per heavy atom. The number of hydrogen-bond donors (Lipinski definition) is 1. The highest BCUT2D eigenvalue weighted by Crippen LogP contribution is 2.19. The van der Waals surface area contributed by atoms with Crippen molar-refractivity contribution < 1.29 is 5.11 Å². The summed E-state index contributed by atoms with van der Waals surface area (Å²) in [6.45, 7) is 8.39. The van der Waals surface area contributed by atoms with Crippen LogP contribution < -0.4 is 4.90 Å². The summed E-state index contributed by atoms with van der Waals surface area (Å²) in [6.07, 6.45) is 7.72. The summed E-state index contributed by atoms with van der Waals surface area (Å²) >= 11 is 0. The molecule has 0 radical (unpaired) electrons. The van der Waals surface area contributed by atoms with Gasteiger partial charge in [0.2, 0.25) is 0 Å². The summed E-state index contributed by atoms with van der Waals surface area (Å²) in [5, 5.41) is 10.2. The van der Waals surface area contributed by atoms with E-state index < -0.39 is 0 Å². The predicted octanol–water partition coefficient (Wildman–Crippen LogP) is 4.80. The van der Waals surface area contributed by atoms with Gasteiger partial charge in [-0.2, -0.15) is 0 Å². The minimum atomic E-state index is -0.216. The Hall–Kier alpha value is -1.02. The van der Waals surface area contributed by atoms with Crippen molar-refractivity contribution in [3.63, 3.8) is 0 Å². The average Bonchev–Trinajstić information content (AvgIpc) is 2.47. The standard InChI is InChI=1S/C19H33NO/c1-4-7-8-14-20(16-19(21)11-6-3)18-13-9-12-17(15-18)10-5-2/h9,12-13,15,19,21H,4-8,10-11,14,16H2,1-3H3. The van der Waals surface area contributed by atoms with Crippen molar-refractivity contribution >= 4 is 5.69 Å². The van der Waals surface area contributed by atoms with E-state index in [1.807, 2.05) is 0 Å². The lowest BCUT2D eigenvalue weighted by Gasteiger charge is -2.28. The lowest BCUT2D eigenvalue weighted by Crippen LogP contribution is -2.33. The molecule has 21 heavy (non-hydrogen) atoms. The van der Waals surface area contributed by atoms with Crippen LogP contribution in [0.1, 0.15) is 64.9 Å². The fourth-order valence-corrected chi connectivity index (χ4v) is 2.75. The monoisotopic (exact) mass is 291 g/mol. The van der Waals surface area contributed by atoms with E-state index in [9.17, 15) is 5.11 Å². The molecule has 0 bridgehead atoms. The molecule has 0 saturated carbocycles. The fraction of sp³-hybridized carbons (Fsp3) is 0.684. The van der Waals surface area contributed by atoms with Crippen molar-refractivity contribution in [3.8, 4) is 0 Å². The summed E-state index contributed by atoms with van der Waals surface area (Å²) in [6, 6.07) is 8.84. The molecule has 1 atom stereocenters. The van der Waals surface area contributed by atoms with Gasteiger partial charge in [-0.3, -0.25) is 0 Å². The topological polar surface area (TPSA) is 23.5 Å². The predicted molar refractivity (Wildman–Crippen MR) is 93.1 cm³/mol. The summed E-state index contributed by atoms with van der Waals surface area (Å²) in [7, 11) is 0. The number of anilines is 1. The first-order chi connectivity index (χ1) is 10.2. The maximum Gasteiger partial charge on any atom is 0.0715 e. The second-order valence-electron chi connectivity index (χ2n) is 6.02. The van der Waals surface area contributed by atoms with Gasteiger partial charge in [0.25, 0.3) is 0 Å². The van der Waals surface area contributed by atoms with Gasteiger partial charge in [0.1, 0.15) is 0 Å². The van der Waals surface area contributed by atoms with Crippen molar-refractivity contribution in [3.05, 3.63) is 29.8 Å². The molecule has 1 aromatic carbocycles. The summed E-state index contributed by atoms with van der Waals surface area (Å²) in [4.78, 5) is 2.37. The quantitative estimate of drug-likeness (QED) is 0.592. The molecule has 0 aliphatic heterocycles. The zero-order valence-corrected chi connectivity index (χ0v) is 14.1. The first-order valence-corrected chi connectivity index (χ1v) is 8.73. The lowest BCUT2D eigenvalue weighted by molar-refractivity contribution is 0.168. The lowest BCUT2D eigenvalue weighted by atomic mass is 10.1. The third kappa shape index (κ3) is 6.99. The number of aliphatic hydroxyl groups is 1. The maximum atomic E-state index is 10.2. The molecule has 1 unspecified atom stereocenters. The van der Waals surface area contributed by atoms with Gasteiger partial charge in [-0.25, -0.2) is 0 Å². The number of nitrogens with zero attached hydrogens (tertiary/aromatic N) is 1. The highest BCUT2D eigenvalue weighted by molar-refractivity contribution is 5.48. The third-order valence-electron chi connectivity index (χ3n) is 3.90. The first kappa shape index (κ1) is 18.0. The van der Waals surface area contributed by atoms with Crippen molar-refractivity contribution in [1.82, 2.24) is 0 Å². The van der Waals surface area contributed by atoms with Crippen molar-refractivity contribution in [2.45, 2.75) is 71.8 Å². The van der Waals surface area contributed by atoms with Gasteiger partial charge in [0, 0.05) is 18.8 Å². The Morgan fingerprint density at radius 1 is 1.05 bits per heavy atom. The van der Waals surface area contributed by atoms with Crippen LogP contribution in [-0.4, -0.2) is 24.3 Å². The minimum Gasteiger partial charge on any atom is -0.391 e. The van der Waals surface area contributed by atoms with E-state index in [4.69, 9.17) is 0 Å². The van der Waals surface area contributed by atoms with Gasteiger partial charge in [-0.15, -0.1) is 0 Å². The van der Waals surface area contributed by atoms with Gasteiger partial charge in [-0.05, 0) is 37.0 Å². The molecule has 2 nitrogen and oxygen atoms in total. The number of unbranched alkanes of at least 4 members (excludes halogenated alkanes) is 2. The second-order valence-corrected chi connectivity index (χ2v) is 6.02. The average molecular weight is 291 g/mol. The number of rotatable bonds is 11. The molecule has 0 aromatic heterocycles. The van der Waals surface area contributed by atoms with Crippen LogP contribution in [0.15, 0.2) is 24.3 Å². The number of benzene rings is 1. The fourth-order valence-electron chi connectivity index (χ4n) is 2.75. The van der Waals surface area contributed by atoms with Crippen molar-refractivity contribution in [2.24, 2.45) is 0 Å². The number of aryl methyl sites for hydroxylation is 1. The zero-order chi connectivity index (χ0) is 15.5. The SMILES string of the molecule is CCCCCN(CC(O)CCC)c1cccc(CCC)c1. The van der Waals surface area contributed by atoms with Gasteiger partial charge >= 0.3 is 0 Å². The molecular weight excluding hydrogens is 258 g/mol. The Bertz CT molecular complexity index is 378. The summed E-state index contributed by atoms with van der Waals surface area (Å²) in [5.74, 6) is 0.